The molecule has 12 heteroatoms. The predicted octanol–water partition coefficient (Wildman–Crippen LogP) is 1.84. The lowest BCUT2D eigenvalue weighted by molar-refractivity contribution is -0.133. The molecule has 2 bridgehead atoms. The van der Waals surface area contributed by atoms with Crippen LogP contribution in [0, 0.1) is 0 Å². The van der Waals surface area contributed by atoms with Gasteiger partial charge in [0.1, 0.15) is 12.2 Å². The number of hydrogen-bond acceptors (Lipinski definition) is 8. The number of carbonyl (C=O) groups is 1. The zero-order chi connectivity index (χ0) is 26.4. The Morgan fingerprint density at radius 1 is 1.16 bits per heavy atom. The minimum absolute atomic E-state index is 0.0763. The topological polar surface area (TPSA) is 90.1 Å². The van der Waals surface area contributed by atoms with Crippen molar-refractivity contribution in [1.82, 2.24) is 39.1 Å². The molecule has 3 saturated heterocycles. The molecule has 0 spiro atoms. The van der Waals surface area contributed by atoms with Gasteiger partial charge in [-0.3, -0.25) is 14.4 Å². The number of hydrogen-bond donors (Lipinski definition) is 1. The van der Waals surface area contributed by atoms with E-state index in [4.69, 9.17) is 4.98 Å². The highest BCUT2D eigenvalue weighted by Gasteiger charge is 2.42. The van der Waals surface area contributed by atoms with Gasteiger partial charge in [0, 0.05) is 70.3 Å². The molecule has 3 aromatic heterocycles. The lowest BCUT2D eigenvalue weighted by Crippen LogP contribution is -2.56. The fourth-order valence-corrected chi connectivity index (χ4v) is 6.01. The van der Waals surface area contributed by atoms with E-state index in [2.05, 4.69) is 43.3 Å². The molecule has 3 aliphatic rings. The first kappa shape index (κ1) is 25.1. The Kier molecular flexibility index (Phi) is 6.47. The maximum absolute atomic E-state index is 14.4. The SMILES string of the molecule is CN1CCN(C(=O)Cn2cc(Nc3nc4c(N5CC6CCC(C5)N6CC(C)(C)F)cccn4n3)cn2)CC1. The van der Waals surface area contributed by atoms with E-state index in [1.54, 1.807) is 29.2 Å². The van der Waals surface area contributed by atoms with Crippen LogP contribution in [0.25, 0.3) is 5.65 Å². The van der Waals surface area contributed by atoms with Gasteiger partial charge in [-0.15, -0.1) is 5.10 Å². The number of fused-ring (bicyclic) bond motifs is 3. The summed E-state index contributed by atoms with van der Waals surface area (Å²) in [4.78, 5) is 26.3. The summed E-state index contributed by atoms with van der Waals surface area (Å²) in [6.07, 6.45) is 7.59. The van der Waals surface area contributed by atoms with E-state index in [0.717, 1.165) is 69.1 Å². The van der Waals surface area contributed by atoms with E-state index in [-0.39, 0.29) is 12.5 Å². The maximum atomic E-state index is 14.4. The number of aromatic nitrogens is 5. The Hall–Kier alpha value is -3.25. The monoisotopic (exact) mass is 524 g/mol. The van der Waals surface area contributed by atoms with Crippen molar-refractivity contribution in [2.24, 2.45) is 0 Å². The lowest BCUT2D eigenvalue weighted by atomic mass is 10.1. The molecule has 3 fully saturated rings. The van der Waals surface area contributed by atoms with Crippen molar-refractivity contribution in [2.75, 3.05) is 63.1 Å². The van der Waals surface area contributed by atoms with Crippen LogP contribution >= 0.6 is 0 Å². The molecule has 6 heterocycles. The molecule has 3 aliphatic heterocycles. The van der Waals surface area contributed by atoms with Crippen LogP contribution in [0.5, 0.6) is 0 Å². The summed E-state index contributed by atoms with van der Waals surface area (Å²) in [6, 6.07) is 4.78. The van der Waals surface area contributed by atoms with E-state index < -0.39 is 5.67 Å². The minimum atomic E-state index is -1.19. The van der Waals surface area contributed by atoms with Crippen molar-refractivity contribution in [3.05, 3.63) is 30.7 Å². The van der Waals surface area contributed by atoms with E-state index in [1.165, 1.54) is 0 Å². The Bertz CT molecular complexity index is 1280. The van der Waals surface area contributed by atoms with Crippen LogP contribution in [0.4, 0.5) is 21.7 Å². The molecule has 0 aromatic carbocycles. The second-order valence-corrected chi connectivity index (χ2v) is 11.5. The molecule has 1 amide bonds. The molecule has 38 heavy (non-hydrogen) atoms. The Balaban J connectivity index is 1.13. The van der Waals surface area contributed by atoms with Crippen molar-refractivity contribution in [3.8, 4) is 0 Å². The maximum Gasteiger partial charge on any atom is 0.247 e. The molecular weight excluding hydrogens is 487 g/mol. The van der Waals surface area contributed by atoms with Gasteiger partial charge in [0.05, 0.1) is 17.6 Å². The number of likely N-dealkylation sites (N-methyl/N-ethyl adjacent to an activating group) is 1. The van der Waals surface area contributed by atoms with E-state index in [1.807, 2.05) is 23.4 Å². The molecule has 1 N–H and O–H groups in total. The fourth-order valence-electron chi connectivity index (χ4n) is 6.01. The Morgan fingerprint density at radius 3 is 2.61 bits per heavy atom. The lowest BCUT2D eigenvalue weighted by Gasteiger charge is -2.43. The van der Waals surface area contributed by atoms with Crippen molar-refractivity contribution in [1.29, 1.82) is 0 Å². The minimum Gasteiger partial charge on any atom is -0.365 e. The molecular formula is C26H37FN10O. The first-order valence-corrected chi connectivity index (χ1v) is 13.5. The fraction of sp³-hybridized carbons (Fsp3) is 0.615. The molecule has 204 valence electrons. The van der Waals surface area contributed by atoms with Gasteiger partial charge < -0.3 is 20.0 Å². The number of amides is 1. The van der Waals surface area contributed by atoms with Crippen molar-refractivity contribution in [2.45, 2.75) is 51.0 Å². The summed E-state index contributed by atoms with van der Waals surface area (Å²) in [7, 11) is 2.07. The highest BCUT2D eigenvalue weighted by molar-refractivity contribution is 5.76. The molecule has 6 rings (SSSR count). The van der Waals surface area contributed by atoms with Gasteiger partial charge in [0.15, 0.2) is 5.65 Å². The number of nitrogens with one attached hydrogen (secondary N) is 1. The van der Waals surface area contributed by atoms with Crippen molar-refractivity contribution < 1.29 is 9.18 Å². The van der Waals surface area contributed by atoms with E-state index >= 15 is 0 Å². The smallest absolute Gasteiger partial charge is 0.247 e. The average Bonchev–Trinajstić information content (AvgIpc) is 3.53. The third-order valence-corrected chi connectivity index (χ3v) is 7.92. The summed E-state index contributed by atoms with van der Waals surface area (Å²) in [6.45, 7) is 9.03. The number of anilines is 3. The largest absolute Gasteiger partial charge is 0.365 e. The first-order chi connectivity index (χ1) is 18.2. The average molecular weight is 525 g/mol. The highest BCUT2D eigenvalue weighted by atomic mass is 19.1. The van der Waals surface area contributed by atoms with Crippen LogP contribution in [0.2, 0.25) is 0 Å². The number of nitrogens with zero attached hydrogens (tertiary/aromatic N) is 9. The van der Waals surface area contributed by atoms with E-state index in [0.29, 0.717) is 24.6 Å². The number of alkyl halides is 1. The number of carbonyl (C=O) groups excluding carboxylic acids is 1. The second-order valence-electron chi connectivity index (χ2n) is 11.5. The Morgan fingerprint density at radius 2 is 1.89 bits per heavy atom. The van der Waals surface area contributed by atoms with E-state index in [9.17, 15) is 9.18 Å². The summed E-state index contributed by atoms with van der Waals surface area (Å²) in [5, 5.41) is 12.2. The number of rotatable bonds is 7. The standard InChI is InChI=1S/C26H37FN10O/c1-26(2,27)18-36-20-6-7-21(36)16-34(15-20)22-5-4-8-37-24(22)30-25(31-37)29-19-13-28-35(14-19)17-23(38)33-11-9-32(3)10-12-33/h4-5,8,13-14,20-21H,6-7,9-12,15-18H2,1-3H3,(H,29,31). The van der Waals surface area contributed by atoms with Gasteiger partial charge in [-0.1, -0.05) is 0 Å². The second kappa shape index (κ2) is 9.81. The summed E-state index contributed by atoms with van der Waals surface area (Å²) < 4.78 is 17.9. The van der Waals surface area contributed by atoms with Crippen LogP contribution in [0.3, 0.4) is 0 Å². The zero-order valence-electron chi connectivity index (χ0n) is 22.4. The number of halogens is 1. The van der Waals surface area contributed by atoms with Crippen molar-refractivity contribution in [3.63, 3.8) is 0 Å². The quantitative estimate of drug-likeness (QED) is 0.501. The van der Waals surface area contributed by atoms with Gasteiger partial charge in [0.2, 0.25) is 11.9 Å². The van der Waals surface area contributed by atoms with Crippen LogP contribution in [-0.2, 0) is 11.3 Å². The Labute approximate surface area is 222 Å². The van der Waals surface area contributed by atoms with Crippen LogP contribution in [0.15, 0.2) is 30.7 Å². The van der Waals surface area contributed by atoms with Gasteiger partial charge in [0.25, 0.3) is 0 Å². The molecule has 11 nitrogen and oxygen atoms in total. The molecule has 0 aliphatic carbocycles. The van der Waals surface area contributed by atoms with Crippen LogP contribution < -0.4 is 10.2 Å². The van der Waals surface area contributed by atoms with Gasteiger partial charge in [-0.25, -0.2) is 8.91 Å². The molecule has 2 atom stereocenters. The third kappa shape index (κ3) is 5.19. The highest BCUT2D eigenvalue weighted by Crippen LogP contribution is 2.35. The van der Waals surface area contributed by atoms with Gasteiger partial charge in [-0.05, 0) is 45.9 Å². The number of pyridine rings is 1. The predicted molar refractivity (Wildman–Crippen MR) is 143 cm³/mol. The molecule has 0 saturated carbocycles. The molecule has 2 unspecified atom stereocenters. The third-order valence-electron chi connectivity index (χ3n) is 7.92. The van der Waals surface area contributed by atoms with Crippen LogP contribution in [-0.4, -0.2) is 116 Å². The van der Waals surface area contributed by atoms with Gasteiger partial charge >= 0.3 is 0 Å². The van der Waals surface area contributed by atoms with Crippen molar-refractivity contribution >= 4 is 28.9 Å². The zero-order valence-corrected chi connectivity index (χ0v) is 22.4. The van der Waals surface area contributed by atoms with Crippen LogP contribution in [0.1, 0.15) is 26.7 Å². The summed E-state index contributed by atoms with van der Waals surface area (Å²) in [5.41, 5.74) is 1.36. The summed E-state index contributed by atoms with van der Waals surface area (Å²) in [5.74, 6) is 0.551. The normalized spacial score (nSPS) is 22.9. The first-order valence-electron chi connectivity index (χ1n) is 13.5. The van der Waals surface area contributed by atoms with Gasteiger partial charge in [-0.2, -0.15) is 10.1 Å². The summed E-state index contributed by atoms with van der Waals surface area (Å²) >= 11 is 0. The molecule has 0 radical (unpaired) electrons. The number of piperazine rings is 2. The molecule has 3 aromatic rings.